The normalized spacial score (nSPS) is 17.9. The van der Waals surface area contributed by atoms with Crippen molar-refractivity contribution in [3.05, 3.63) is 64.6 Å². The molecule has 3 aromatic rings. The third-order valence-corrected chi connectivity index (χ3v) is 6.66. The molecule has 9 heteroatoms. The number of ether oxygens (including phenoxy) is 1. The van der Waals surface area contributed by atoms with E-state index in [1.807, 2.05) is 0 Å². The zero-order valence-corrected chi connectivity index (χ0v) is 21.7. The third-order valence-electron chi connectivity index (χ3n) is 6.66. The lowest BCUT2D eigenvalue weighted by Gasteiger charge is -2.34. The van der Waals surface area contributed by atoms with Crippen LogP contribution in [0.1, 0.15) is 37.2 Å². The van der Waals surface area contributed by atoms with Gasteiger partial charge >= 0.3 is 0 Å². The first kappa shape index (κ1) is 26.3. The first-order valence-electron chi connectivity index (χ1n) is 12.8. The molecular formula is C28H35N5O4. The van der Waals surface area contributed by atoms with Gasteiger partial charge in [-0.25, -0.2) is 0 Å². The van der Waals surface area contributed by atoms with Crippen LogP contribution >= 0.6 is 0 Å². The van der Waals surface area contributed by atoms with Gasteiger partial charge in [0.2, 0.25) is 5.91 Å². The molecule has 1 fully saturated rings. The van der Waals surface area contributed by atoms with E-state index in [2.05, 4.69) is 34.5 Å². The molecule has 1 aliphatic heterocycles. The molecule has 0 radical (unpaired) electrons. The molecule has 2 aromatic carbocycles. The number of amides is 2. The van der Waals surface area contributed by atoms with Crippen molar-refractivity contribution in [1.29, 1.82) is 0 Å². The fourth-order valence-corrected chi connectivity index (χ4v) is 5.07. The topological polar surface area (TPSA) is 106 Å². The van der Waals surface area contributed by atoms with E-state index in [9.17, 15) is 14.4 Å². The predicted octanol–water partition coefficient (Wildman–Crippen LogP) is 2.61. The minimum atomic E-state index is -0.523. The van der Waals surface area contributed by atoms with Crippen LogP contribution in [0.2, 0.25) is 0 Å². The molecular weight excluding hydrogens is 470 g/mol. The van der Waals surface area contributed by atoms with Crippen LogP contribution in [-0.4, -0.2) is 66.3 Å². The van der Waals surface area contributed by atoms with E-state index >= 15 is 0 Å². The van der Waals surface area contributed by atoms with E-state index in [4.69, 9.17) is 4.74 Å². The van der Waals surface area contributed by atoms with Gasteiger partial charge in [-0.05, 0) is 61.6 Å². The fourth-order valence-electron chi connectivity index (χ4n) is 5.07. The number of hydrogen-bond donors (Lipinski definition) is 2. The van der Waals surface area contributed by atoms with Crippen molar-refractivity contribution in [2.75, 3.05) is 39.8 Å². The van der Waals surface area contributed by atoms with Crippen molar-refractivity contribution < 1.29 is 14.3 Å². The van der Waals surface area contributed by atoms with Gasteiger partial charge in [0.15, 0.2) is 5.69 Å². The van der Waals surface area contributed by atoms with Gasteiger partial charge < -0.3 is 20.3 Å². The first-order valence-corrected chi connectivity index (χ1v) is 12.8. The Balaban J connectivity index is 1.38. The lowest BCUT2D eigenvalue weighted by molar-refractivity contribution is -0.120. The number of benzene rings is 2. The Labute approximate surface area is 216 Å². The summed E-state index contributed by atoms with van der Waals surface area (Å²) in [6.07, 6.45) is 2.13. The molecule has 1 saturated heterocycles. The average Bonchev–Trinajstić information content (AvgIpc) is 2.90. The molecule has 1 aromatic heterocycles. The van der Waals surface area contributed by atoms with Gasteiger partial charge in [-0.3, -0.25) is 14.4 Å². The highest BCUT2D eigenvalue weighted by Gasteiger charge is 2.21. The standard InChI is InChI=1S/C28H35N5O4/c1-19-15-20(2)18-32(17-19)14-6-13-29-25(34)16-30-27(35)26-23-7-4-5-8-24(23)28(36)33(31-26)21-9-11-22(37-3)12-10-21/h4-5,7-12,19-20H,6,13-18H2,1-3H3,(H,29,34)(H,30,35)/t19-,20-/m0/s1. The Morgan fingerprint density at radius 2 is 1.68 bits per heavy atom. The van der Waals surface area contributed by atoms with E-state index in [1.54, 1.807) is 55.6 Å². The van der Waals surface area contributed by atoms with Crippen molar-refractivity contribution in [2.24, 2.45) is 11.8 Å². The highest BCUT2D eigenvalue weighted by molar-refractivity contribution is 6.05. The molecule has 0 spiro atoms. The molecule has 37 heavy (non-hydrogen) atoms. The quantitative estimate of drug-likeness (QED) is 0.433. The lowest BCUT2D eigenvalue weighted by Crippen LogP contribution is -2.41. The van der Waals surface area contributed by atoms with Gasteiger partial charge in [0.05, 0.1) is 24.7 Å². The molecule has 2 N–H and O–H groups in total. The molecule has 2 atom stereocenters. The lowest BCUT2D eigenvalue weighted by atomic mass is 9.92. The van der Waals surface area contributed by atoms with Crippen LogP contribution in [0.4, 0.5) is 0 Å². The third kappa shape index (κ3) is 6.54. The van der Waals surface area contributed by atoms with Gasteiger partial charge in [-0.2, -0.15) is 9.78 Å². The smallest absolute Gasteiger partial charge is 0.279 e. The average molecular weight is 506 g/mol. The largest absolute Gasteiger partial charge is 0.497 e. The van der Waals surface area contributed by atoms with Gasteiger partial charge in [-0.15, -0.1) is 0 Å². The van der Waals surface area contributed by atoms with Crippen molar-refractivity contribution in [3.8, 4) is 11.4 Å². The molecule has 0 bridgehead atoms. The van der Waals surface area contributed by atoms with Gasteiger partial charge in [0.1, 0.15) is 5.75 Å². The molecule has 4 rings (SSSR count). The summed E-state index contributed by atoms with van der Waals surface area (Å²) in [5, 5.41) is 10.7. The zero-order valence-electron chi connectivity index (χ0n) is 21.7. The Hall–Kier alpha value is -3.72. The van der Waals surface area contributed by atoms with Crippen molar-refractivity contribution in [3.63, 3.8) is 0 Å². The number of likely N-dealkylation sites (tertiary alicyclic amines) is 1. The summed E-state index contributed by atoms with van der Waals surface area (Å²) >= 11 is 0. The van der Waals surface area contributed by atoms with Gasteiger partial charge in [-0.1, -0.05) is 32.0 Å². The van der Waals surface area contributed by atoms with Crippen LogP contribution in [0.25, 0.3) is 16.5 Å². The summed E-state index contributed by atoms with van der Waals surface area (Å²) in [5.74, 6) is 1.27. The molecule has 1 aliphatic rings. The minimum Gasteiger partial charge on any atom is -0.497 e. The maximum atomic E-state index is 13.1. The summed E-state index contributed by atoms with van der Waals surface area (Å²) in [5.41, 5.74) is 0.237. The maximum absolute atomic E-state index is 13.1. The highest BCUT2D eigenvalue weighted by atomic mass is 16.5. The number of nitrogens with zero attached hydrogens (tertiary/aromatic N) is 3. The van der Waals surface area contributed by atoms with E-state index in [1.165, 1.54) is 11.1 Å². The Kier molecular flexibility index (Phi) is 8.55. The second kappa shape index (κ2) is 12.0. The number of carbonyl (C=O) groups excluding carboxylic acids is 2. The summed E-state index contributed by atoms with van der Waals surface area (Å²) in [6, 6.07) is 13.7. The van der Waals surface area contributed by atoms with Crippen LogP contribution in [0, 0.1) is 11.8 Å². The number of nitrogens with one attached hydrogen (secondary N) is 2. The Morgan fingerprint density at radius 3 is 2.35 bits per heavy atom. The molecule has 0 unspecified atom stereocenters. The molecule has 2 amide bonds. The summed E-state index contributed by atoms with van der Waals surface area (Å²) in [4.78, 5) is 41.0. The molecule has 196 valence electrons. The van der Waals surface area contributed by atoms with Crippen molar-refractivity contribution in [1.82, 2.24) is 25.3 Å². The van der Waals surface area contributed by atoms with Crippen LogP contribution in [-0.2, 0) is 4.79 Å². The fraction of sp³-hybridized carbons (Fsp3) is 0.429. The number of aromatic nitrogens is 2. The van der Waals surface area contributed by atoms with Gasteiger partial charge in [0.25, 0.3) is 11.5 Å². The second-order valence-electron chi connectivity index (χ2n) is 9.90. The van der Waals surface area contributed by atoms with Gasteiger partial charge in [0, 0.05) is 25.0 Å². The van der Waals surface area contributed by atoms with Crippen LogP contribution in [0.5, 0.6) is 5.75 Å². The monoisotopic (exact) mass is 505 g/mol. The van der Waals surface area contributed by atoms with Crippen LogP contribution < -0.4 is 20.9 Å². The summed E-state index contributed by atoms with van der Waals surface area (Å²) < 4.78 is 6.38. The van der Waals surface area contributed by atoms with Crippen molar-refractivity contribution >= 4 is 22.6 Å². The van der Waals surface area contributed by atoms with E-state index in [0.29, 0.717) is 40.6 Å². The van der Waals surface area contributed by atoms with E-state index in [-0.39, 0.29) is 23.7 Å². The summed E-state index contributed by atoms with van der Waals surface area (Å²) in [6.45, 7) is 8.11. The van der Waals surface area contributed by atoms with Crippen LogP contribution in [0.3, 0.4) is 0 Å². The highest BCUT2D eigenvalue weighted by Crippen LogP contribution is 2.21. The van der Waals surface area contributed by atoms with E-state index in [0.717, 1.165) is 26.1 Å². The summed E-state index contributed by atoms with van der Waals surface area (Å²) in [7, 11) is 1.56. The predicted molar refractivity (Wildman–Crippen MR) is 143 cm³/mol. The van der Waals surface area contributed by atoms with Crippen LogP contribution in [0.15, 0.2) is 53.3 Å². The molecule has 9 nitrogen and oxygen atoms in total. The molecule has 0 aliphatic carbocycles. The molecule has 0 saturated carbocycles. The number of hydrogen-bond acceptors (Lipinski definition) is 6. The number of rotatable bonds is 9. The minimum absolute atomic E-state index is 0.0761. The zero-order chi connectivity index (χ0) is 26.4. The number of piperidine rings is 1. The first-order chi connectivity index (χ1) is 17.9. The second-order valence-corrected chi connectivity index (χ2v) is 9.90. The van der Waals surface area contributed by atoms with Crippen molar-refractivity contribution in [2.45, 2.75) is 26.7 Å². The molecule has 2 heterocycles. The number of fused-ring (bicyclic) bond motifs is 1. The maximum Gasteiger partial charge on any atom is 0.279 e. The Bertz CT molecular complexity index is 1290. The number of methoxy groups -OCH3 is 1. The Morgan fingerprint density at radius 1 is 1.00 bits per heavy atom. The van der Waals surface area contributed by atoms with E-state index < -0.39 is 5.91 Å². The number of carbonyl (C=O) groups is 2. The SMILES string of the molecule is COc1ccc(-n2nc(C(=O)NCC(=O)NCCCN3C[C@@H](C)C[C@H](C)C3)c3ccccc3c2=O)cc1.